The van der Waals surface area contributed by atoms with Gasteiger partial charge in [-0.1, -0.05) is 0 Å². The molecule has 0 saturated heterocycles. The van der Waals surface area contributed by atoms with Gasteiger partial charge in [0, 0.05) is 0 Å². The van der Waals surface area contributed by atoms with Crippen LogP contribution in [0.1, 0.15) is 73.1 Å². The molecular formula is C17H36GeS. The van der Waals surface area contributed by atoms with Crippen LogP contribution >= 0.6 is 11.8 Å². The van der Waals surface area contributed by atoms with E-state index in [-0.39, 0.29) is 0 Å². The van der Waals surface area contributed by atoms with E-state index in [0.29, 0.717) is 0 Å². The van der Waals surface area contributed by atoms with Gasteiger partial charge in [0.1, 0.15) is 0 Å². The molecule has 0 fully saturated rings. The Morgan fingerprint density at radius 1 is 0.842 bits per heavy atom. The van der Waals surface area contributed by atoms with E-state index >= 15 is 0 Å². The second kappa shape index (κ2) is 12.4. The molecule has 0 aliphatic rings. The molecule has 19 heavy (non-hydrogen) atoms. The summed E-state index contributed by atoms with van der Waals surface area (Å²) in [6, 6.07) is 0. The van der Waals surface area contributed by atoms with Gasteiger partial charge in [-0.15, -0.1) is 0 Å². The van der Waals surface area contributed by atoms with E-state index in [1.54, 1.807) is 15.8 Å². The third kappa shape index (κ3) is 10.1. The maximum atomic E-state index is 2.76. The van der Waals surface area contributed by atoms with Gasteiger partial charge in [-0.3, -0.25) is 0 Å². The first-order chi connectivity index (χ1) is 9.10. The van der Waals surface area contributed by atoms with Crippen LogP contribution in [0.5, 0.6) is 0 Å². The molecular weight excluding hydrogens is 309 g/mol. The summed E-state index contributed by atoms with van der Waals surface area (Å²) in [6.45, 7) is 11.6. The summed E-state index contributed by atoms with van der Waals surface area (Å²) in [6.07, 6.45) is 8.50. The number of hydrogen-bond donors (Lipinski definition) is 0. The minimum absolute atomic E-state index is 0.736. The Balaban J connectivity index is 4.70. The van der Waals surface area contributed by atoms with Gasteiger partial charge >= 0.3 is 129 Å². The van der Waals surface area contributed by atoms with Gasteiger partial charge in [-0.2, -0.15) is 0 Å². The fourth-order valence-corrected chi connectivity index (χ4v) is 14.8. The molecule has 0 amide bonds. The molecule has 0 saturated carbocycles. The predicted molar refractivity (Wildman–Crippen MR) is 96.8 cm³/mol. The van der Waals surface area contributed by atoms with Gasteiger partial charge in [-0.05, 0) is 0 Å². The van der Waals surface area contributed by atoms with Crippen LogP contribution in [-0.4, -0.2) is 18.5 Å². The summed E-state index contributed by atoms with van der Waals surface area (Å²) >= 11 is 0.332. The molecule has 0 aliphatic carbocycles. The zero-order valence-corrected chi connectivity index (χ0v) is 16.9. The van der Waals surface area contributed by atoms with Crippen LogP contribution in [0.2, 0.25) is 15.8 Å². The predicted octanol–water partition coefficient (Wildman–Crippen LogP) is 7.03. The normalized spacial score (nSPS) is 12.7. The second-order valence-electron chi connectivity index (χ2n) is 6.16. The maximum absolute atomic E-state index is 2.76. The summed E-state index contributed by atoms with van der Waals surface area (Å²) in [5.74, 6) is 0. The fraction of sp³-hybridized carbons (Fsp3) is 0.882. The Hall–Kier alpha value is 0.633. The molecule has 0 N–H and O–H groups in total. The fourth-order valence-electron chi connectivity index (χ4n) is 2.55. The average molecular weight is 345 g/mol. The first kappa shape index (κ1) is 19.6. The minimum atomic E-state index is -1.69. The number of unbranched alkanes of at least 4 members (excludes halogenated alkanes) is 3. The first-order valence-electron chi connectivity index (χ1n) is 8.43. The van der Waals surface area contributed by atoms with Crippen molar-refractivity contribution < 1.29 is 0 Å². The van der Waals surface area contributed by atoms with Crippen LogP contribution < -0.4 is 0 Å². The van der Waals surface area contributed by atoms with E-state index in [1.807, 2.05) is 11.8 Å². The quantitative estimate of drug-likeness (QED) is 0.342. The van der Waals surface area contributed by atoms with Crippen molar-refractivity contribution >= 4 is 25.0 Å². The Kier molecular flexibility index (Phi) is 12.8. The van der Waals surface area contributed by atoms with Crippen molar-refractivity contribution in [3.63, 3.8) is 0 Å². The number of rotatable bonds is 12. The zero-order chi connectivity index (χ0) is 14.6. The molecule has 0 nitrogen and oxygen atoms in total. The molecule has 2 heteroatoms. The standard InChI is InChI=1S/C17H36GeS/c1-6-9-12-18(13-10-7-2,14-11-8-3)15-16-19-17(4)5/h15-17H,6-14H2,1-5H3. The number of thioether (sulfide) groups is 1. The van der Waals surface area contributed by atoms with Crippen LogP contribution in [0, 0.1) is 0 Å². The van der Waals surface area contributed by atoms with E-state index < -0.39 is 13.3 Å². The Morgan fingerprint density at radius 3 is 1.58 bits per heavy atom. The van der Waals surface area contributed by atoms with Crippen LogP contribution in [0.25, 0.3) is 0 Å². The van der Waals surface area contributed by atoms with Gasteiger partial charge in [-0.25, -0.2) is 0 Å². The summed E-state index contributed by atoms with van der Waals surface area (Å²) < 4.78 is 0. The van der Waals surface area contributed by atoms with Crippen LogP contribution in [-0.2, 0) is 0 Å². The van der Waals surface area contributed by atoms with E-state index in [9.17, 15) is 0 Å². The third-order valence-electron chi connectivity index (χ3n) is 3.86. The molecule has 0 atom stereocenters. The molecule has 0 rings (SSSR count). The van der Waals surface area contributed by atoms with Gasteiger partial charge in [0.05, 0.1) is 0 Å². The van der Waals surface area contributed by atoms with Gasteiger partial charge in [0.15, 0.2) is 0 Å². The molecule has 0 aromatic rings. The van der Waals surface area contributed by atoms with Crippen molar-refractivity contribution in [1.29, 1.82) is 0 Å². The molecule has 0 heterocycles. The molecule has 0 unspecified atom stereocenters. The Bertz CT molecular complexity index is 202. The van der Waals surface area contributed by atoms with Crippen LogP contribution in [0.3, 0.4) is 0 Å². The second-order valence-corrected chi connectivity index (χ2v) is 17.2. The Morgan fingerprint density at radius 2 is 1.26 bits per heavy atom. The van der Waals surface area contributed by atoms with Crippen LogP contribution in [0.15, 0.2) is 10.3 Å². The van der Waals surface area contributed by atoms with Crippen LogP contribution in [0.4, 0.5) is 0 Å². The summed E-state index contributed by atoms with van der Waals surface area (Å²) in [4.78, 5) is 2.76. The topological polar surface area (TPSA) is 0 Å². The van der Waals surface area contributed by atoms with Gasteiger partial charge < -0.3 is 0 Å². The summed E-state index contributed by atoms with van der Waals surface area (Å²) in [5.41, 5.74) is 0. The van der Waals surface area contributed by atoms with E-state index in [2.05, 4.69) is 44.9 Å². The SMILES string of the molecule is CCC[CH2][Ge]([CH]=CSC(C)C)([CH2]CCC)[CH2]CCC. The van der Waals surface area contributed by atoms with Crippen molar-refractivity contribution in [3.8, 4) is 0 Å². The van der Waals surface area contributed by atoms with Crippen molar-refractivity contribution in [3.05, 3.63) is 10.3 Å². The van der Waals surface area contributed by atoms with E-state index in [4.69, 9.17) is 0 Å². The summed E-state index contributed by atoms with van der Waals surface area (Å²) in [7, 11) is 0. The molecule has 0 spiro atoms. The molecule has 0 aromatic carbocycles. The molecule has 114 valence electrons. The van der Waals surface area contributed by atoms with Crippen molar-refractivity contribution in [2.75, 3.05) is 0 Å². The third-order valence-corrected chi connectivity index (χ3v) is 15.5. The van der Waals surface area contributed by atoms with Crippen molar-refractivity contribution in [2.45, 2.75) is 94.2 Å². The van der Waals surface area contributed by atoms with Crippen molar-refractivity contribution in [1.82, 2.24) is 0 Å². The monoisotopic (exact) mass is 346 g/mol. The van der Waals surface area contributed by atoms with Gasteiger partial charge in [0.2, 0.25) is 0 Å². The molecule has 0 bridgehead atoms. The molecule has 0 aromatic heterocycles. The van der Waals surface area contributed by atoms with E-state index in [0.717, 1.165) is 5.25 Å². The summed E-state index contributed by atoms with van der Waals surface area (Å²) in [5, 5.41) is 7.94. The first-order valence-corrected chi connectivity index (χ1v) is 15.0. The Labute approximate surface area is 129 Å². The van der Waals surface area contributed by atoms with E-state index in [1.165, 1.54) is 38.5 Å². The molecule has 0 radical (unpaired) electrons. The van der Waals surface area contributed by atoms with Gasteiger partial charge in [0.25, 0.3) is 0 Å². The number of hydrogen-bond acceptors (Lipinski definition) is 1. The zero-order valence-electron chi connectivity index (χ0n) is 14.0. The van der Waals surface area contributed by atoms with Crippen molar-refractivity contribution in [2.24, 2.45) is 0 Å². The molecule has 0 aliphatic heterocycles. The average Bonchev–Trinajstić information content (AvgIpc) is 2.39.